The summed E-state index contributed by atoms with van der Waals surface area (Å²) in [5.41, 5.74) is 3.76. The quantitative estimate of drug-likeness (QED) is 0.438. The molecule has 9 heteroatoms. The van der Waals surface area contributed by atoms with Gasteiger partial charge in [0.2, 0.25) is 11.9 Å². The van der Waals surface area contributed by atoms with Gasteiger partial charge < -0.3 is 20.0 Å². The molecule has 0 atom stereocenters. The predicted molar refractivity (Wildman–Crippen MR) is 152 cm³/mol. The maximum atomic E-state index is 12.7. The summed E-state index contributed by atoms with van der Waals surface area (Å²) in [4.78, 5) is 40.2. The molecule has 5 rings (SSSR count). The number of rotatable bonds is 9. The highest BCUT2D eigenvalue weighted by Gasteiger charge is 2.29. The molecule has 38 heavy (non-hydrogen) atoms. The van der Waals surface area contributed by atoms with Gasteiger partial charge in [-0.15, -0.1) is 0 Å². The lowest BCUT2D eigenvalue weighted by Crippen LogP contribution is -2.49. The van der Waals surface area contributed by atoms with E-state index in [1.165, 1.54) is 11.8 Å². The number of piperazine rings is 1. The molecule has 0 spiro atoms. The Morgan fingerprint density at radius 2 is 1.92 bits per heavy atom. The summed E-state index contributed by atoms with van der Waals surface area (Å²) in [6.07, 6.45) is 4.87. The van der Waals surface area contributed by atoms with Crippen molar-refractivity contribution in [1.29, 1.82) is 0 Å². The van der Waals surface area contributed by atoms with E-state index in [0.29, 0.717) is 37.1 Å². The zero-order valence-electron chi connectivity index (χ0n) is 22.0. The summed E-state index contributed by atoms with van der Waals surface area (Å²) in [6, 6.07) is 11.6. The average Bonchev–Trinajstić information content (AvgIpc) is 2.92. The monoisotopic (exact) mass is 513 g/mol. The number of hydrogen-bond donors (Lipinski definition) is 1. The van der Waals surface area contributed by atoms with Crippen LogP contribution in [0.5, 0.6) is 0 Å². The van der Waals surface area contributed by atoms with Crippen molar-refractivity contribution in [2.45, 2.75) is 26.3 Å². The number of nitrogens with zero attached hydrogens (tertiary/aromatic N) is 6. The molecule has 0 bridgehead atoms. The summed E-state index contributed by atoms with van der Waals surface area (Å²) < 4.78 is 1.71. The predicted octanol–water partition coefficient (Wildman–Crippen LogP) is 3.62. The fourth-order valence-electron chi connectivity index (χ4n) is 5.13. The van der Waals surface area contributed by atoms with Gasteiger partial charge in [0.25, 0.3) is 5.56 Å². The Morgan fingerprint density at radius 3 is 2.66 bits per heavy atom. The van der Waals surface area contributed by atoms with E-state index in [4.69, 9.17) is 4.98 Å². The molecule has 1 aromatic carbocycles. The fourth-order valence-corrected chi connectivity index (χ4v) is 5.13. The highest BCUT2D eigenvalue weighted by molar-refractivity contribution is 5.87. The minimum Gasteiger partial charge on any atom is -0.372 e. The minimum absolute atomic E-state index is 0.0410. The van der Waals surface area contributed by atoms with E-state index < -0.39 is 0 Å². The van der Waals surface area contributed by atoms with E-state index in [1.54, 1.807) is 27.8 Å². The van der Waals surface area contributed by atoms with Crippen molar-refractivity contribution >= 4 is 34.3 Å². The van der Waals surface area contributed by atoms with Gasteiger partial charge in [-0.2, -0.15) is 4.98 Å². The van der Waals surface area contributed by atoms with Crippen LogP contribution >= 0.6 is 0 Å². The molecule has 2 aliphatic heterocycles. The molecule has 0 unspecified atom stereocenters. The smallest absolute Gasteiger partial charge is 0.252 e. The molecule has 4 heterocycles. The first-order chi connectivity index (χ1) is 18.4. The van der Waals surface area contributed by atoms with Gasteiger partial charge in [-0.25, -0.2) is 4.98 Å². The molecule has 2 aliphatic rings. The van der Waals surface area contributed by atoms with Crippen LogP contribution in [-0.2, 0) is 11.3 Å². The number of benzene rings is 1. The molecule has 0 saturated carbocycles. The van der Waals surface area contributed by atoms with Crippen molar-refractivity contribution in [3.63, 3.8) is 0 Å². The normalized spacial score (nSPS) is 15.9. The molecule has 1 amide bonds. The number of likely N-dealkylation sites (tertiary alicyclic amines) is 1. The lowest BCUT2D eigenvalue weighted by molar-refractivity contribution is -0.132. The zero-order chi connectivity index (χ0) is 26.6. The van der Waals surface area contributed by atoms with Gasteiger partial charge in [0, 0.05) is 80.5 Å². The maximum Gasteiger partial charge on any atom is 0.252 e. The van der Waals surface area contributed by atoms with E-state index in [9.17, 15) is 9.59 Å². The highest BCUT2D eigenvalue weighted by atomic mass is 16.2. The molecule has 0 aliphatic carbocycles. The maximum absolute atomic E-state index is 12.7. The Balaban J connectivity index is 1.28. The van der Waals surface area contributed by atoms with Crippen LogP contribution < -0.4 is 15.8 Å². The Bertz CT molecular complexity index is 1400. The van der Waals surface area contributed by atoms with Gasteiger partial charge in [-0.1, -0.05) is 26.1 Å². The summed E-state index contributed by atoms with van der Waals surface area (Å²) in [5, 5.41) is 4.14. The van der Waals surface area contributed by atoms with Crippen LogP contribution in [-0.4, -0.2) is 69.5 Å². The number of aryl methyl sites for hydroxylation is 1. The van der Waals surface area contributed by atoms with Crippen LogP contribution in [0.15, 0.2) is 72.3 Å². The number of nitrogens with one attached hydrogen (secondary N) is 1. The van der Waals surface area contributed by atoms with Crippen LogP contribution in [0.1, 0.15) is 19.8 Å². The zero-order valence-corrected chi connectivity index (χ0v) is 22.0. The first kappa shape index (κ1) is 25.5. The molecule has 198 valence electrons. The summed E-state index contributed by atoms with van der Waals surface area (Å²) in [6.45, 7) is 15.6. The third-order valence-corrected chi connectivity index (χ3v) is 7.53. The lowest BCUT2D eigenvalue weighted by Gasteiger charge is -2.38. The van der Waals surface area contributed by atoms with Gasteiger partial charge in [0.15, 0.2) is 0 Å². The molecule has 2 saturated heterocycles. The van der Waals surface area contributed by atoms with Crippen molar-refractivity contribution < 1.29 is 4.79 Å². The minimum atomic E-state index is -0.0904. The number of hydrogen-bond acceptors (Lipinski definition) is 7. The number of carbonyl (C=O) groups excluding carboxylic acids is 1. The van der Waals surface area contributed by atoms with Crippen molar-refractivity contribution in [3.8, 4) is 0 Å². The number of amides is 1. The van der Waals surface area contributed by atoms with Crippen molar-refractivity contribution in [2.75, 3.05) is 49.5 Å². The first-order valence-electron chi connectivity index (χ1n) is 13.3. The summed E-state index contributed by atoms with van der Waals surface area (Å²) in [7, 11) is 0. The Morgan fingerprint density at radius 1 is 1.13 bits per heavy atom. The molecule has 2 fully saturated rings. The Labute approximate surface area is 223 Å². The highest BCUT2D eigenvalue weighted by Crippen LogP contribution is 2.25. The number of allylic oxidation sites excluding steroid dienone is 1. The van der Waals surface area contributed by atoms with E-state index >= 15 is 0 Å². The van der Waals surface area contributed by atoms with E-state index in [2.05, 4.69) is 52.3 Å². The molecule has 3 aromatic rings. The molecular formula is C29H35N7O2. The molecule has 1 N–H and O–H groups in total. The van der Waals surface area contributed by atoms with Crippen LogP contribution in [0.25, 0.3) is 11.0 Å². The van der Waals surface area contributed by atoms with E-state index in [0.717, 1.165) is 55.8 Å². The largest absolute Gasteiger partial charge is 0.372 e. The fraction of sp³-hybridized carbons (Fsp3) is 0.379. The van der Waals surface area contributed by atoms with E-state index in [1.807, 2.05) is 12.1 Å². The number of anilines is 3. The third-order valence-electron chi connectivity index (χ3n) is 7.53. The summed E-state index contributed by atoms with van der Waals surface area (Å²) >= 11 is 0. The van der Waals surface area contributed by atoms with Crippen molar-refractivity contribution in [1.82, 2.24) is 24.3 Å². The van der Waals surface area contributed by atoms with Gasteiger partial charge in [0.1, 0.15) is 5.65 Å². The number of pyridine rings is 1. The van der Waals surface area contributed by atoms with Crippen LogP contribution in [0.4, 0.5) is 17.3 Å². The first-order valence-corrected chi connectivity index (χ1v) is 13.3. The number of aromatic nitrogens is 3. The van der Waals surface area contributed by atoms with Gasteiger partial charge in [0.05, 0.1) is 0 Å². The second-order valence-electron chi connectivity index (χ2n) is 9.97. The van der Waals surface area contributed by atoms with Crippen molar-refractivity contribution in [3.05, 3.63) is 77.9 Å². The second kappa shape index (κ2) is 11.1. The SMILES string of the molecule is C=CC(=O)N1CC(CCn2c(=O)ccc3cnc(Nc4cccc(N5CCN(C(=C)CC)CC5)c4)nc32)C1. The second-order valence-corrected chi connectivity index (χ2v) is 9.97. The summed E-state index contributed by atoms with van der Waals surface area (Å²) in [5.74, 6) is 0.773. The van der Waals surface area contributed by atoms with Gasteiger partial charge in [-0.05, 0) is 49.1 Å². The van der Waals surface area contributed by atoms with Gasteiger partial charge in [-0.3, -0.25) is 14.2 Å². The van der Waals surface area contributed by atoms with Crippen molar-refractivity contribution in [2.24, 2.45) is 5.92 Å². The Kier molecular flexibility index (Phi) is 7.44. The third kappa shape index (κ3) is 5.41. The number of fused-ring (bicyclic) bond motifs is 1. The Hall–Kier alpha value is -4.14. The number of carbonyl (C=O) groups is 1. The molecule has 9 nitrogen and oxygen atoms in total. The topological polar surface area (TPSA) is 86.6 Å². The standard InChI is InChI=1S/C29H35N7O2/c1-4-21(3)33-13-15-34(16-14-33)25-8-6-7-24(17-25)31-29-30-18-23-9-10-27(38)36(28(23)32-29)12-11-22-19-35(20-22)26(37)5-2/h5-10,17-18,22H,2-4,11-16,19-20H2,1H3,(H,30,31,32). The lowest BCUT2D eigenvalue weighted by atomic mass is 9.96. The van der Waals surface area contributed by atoms with Crippen LogP contribution in [0.2, 0.25) is 0 Å². The molecular weight excluding hydrogens is 478 g/mol. The molecule has 2 aromatic heterocycles. The van der Waals surface area contributed by atoms with Gasteiger partial charge >= 0.3 is 0 Å². The average molecular weight is 514 g/mol. The van der Waals surface area contributed by atoms with Crippen LogP contribution in [0.3, 0.4) is 0 Å². The molecule has 0 radical (unpaired) electrons. The van der Waals surface area contributed by atoms with E-state index in [-0.39, 0.29) is 11.5 Å². The van der Waals surface area contributed by atoms with Crippen LogP contribution in [0, 0.1) is 5.92 Å².